The lowest BCUT2D eigenvalue weighted by atomic mass is 10.2. The van der Waals surface area contributed by atoms with Crippen LogP contribution in [0.2, 0.25) is 0 Å². The average Bonchev–Trinajstić information content (AvgIpc) is 3.09. The average molecular weight is 272 g/mol. The predicted octanol–water partition coefficient (Wildman–Crippen LogP) is 5.30. The van der Waals surface area contributed by atoms with Crippen molar-refractivity contribution in [3.05, 3.63) is 66.6 Å². The molecule has 1 nitrogen and oxygen atoms in total. The minimum atomic E-state index is 0.891. The molecule has 1 aromatic carbocycles. The Morgan fingerprint density at radius 3 is 2.61 bits per heavy atom. The molecule has 3 rings (SSSR count). The van der Waals surface area contributed by atoms with Gasteiger partial charge in [-0.3, -0.25) is 0 Å². The summed E-state index contributed by atoms with van der Waals surface area (Å²) in [7, 11) is 0. The Kier molecular flexibility index (Phi) is 3.53. The van der Waals surface area contributed by atoms with E-state index in [0.29, 0.717) is 0 Å². The first-order valence-electron chi connectivity index (χ1n) is 5.72. The highest BCUT2D eigenvalue weighted by molar-refractivity contribution is 8.00. The molecule has 0 amide bonds. The van der Waals surface area contributed by atoms with Gasteiger partial charge < -0.3 is 4.42 Å². The number of hydrogen-bond acceptors (Lipinski definition) is 3. The van der Waals surface area contributed by atoms with Crippen molar-refractivity contribution in [3.63, 3.8) is 0 Å². The van der Waals surface area contributed by atoms with Crippen molar-refractivity contribution in [3.8, 4) is 10.4 Å². The highest BCUT2D eigenvalue weighted by Crippen LogP contribution is 2.35. The summed E-state index contributed by atoms with van der Waals surface area (Å²) in [6, 6.07) is 18.8. The topological polar surface area (TPSA) is 13.1 Å². The van der Waals surface area contributed by atoms with E-state index in [9.17, 15) is 0 Å². The van der Waals surface area contributed by atoms with Gasteiger partial charge in [-0.25, -0.2) is 0 Å². The van der Waals surface area contributed by atoms with Gasteiger partial charge in [0, 0.05) is 4.88 Å². The predicted molar refractivity (Wildman–Crippen MR) is 78.0 cm³/mol. The second-order valence-electron chi connectivity index (χ2n) is 3.85. The number of rotatable bonds is 4. The number of benzene rings is 1. The van der Waals surface area contributed by atoms with Crippen molar-refractivity contribution < 1.29 is 4.42 Å². The second kappa shape index (κ2) is 5.46. The molecule has 0 aliphatic carbocycles. The molecule has 18 heavy (non-hydrogen) atoms. The van der Waals surface area contributed by atoms with Gasteiger partial charge in [0.2, 0.25) is 0 Å². The zero-order chi connectivity index (χ0) is 12.2. The van der Waals surface area contributed by atoms with Crippen molar-refractivity contribution in [2.45, 2.75) is 9.96 Å². The lowest BCUT2D eigenvalue weighted by Gasteiger charge is -1.96. The summed E-state index contributed by atoms with van der Waals surface area (Å²) in [5.41, 5.74) is 1.28. The summed E-state index contributed by atoms with van der Waals surface area (Å²) in [4.78, 5) is 1.32. The van der Waals surface area contributed by atoms with Gasteiger partial charge in [0.25, 0.3) is 0 Å². The van der Waals surface area contributed by atoms with Crippen molar-refractivity contribution >= 4 is 23.1 Å². The zero-order valence-electron chi connectivity index (χ0n) is 9.71. The molecule has 3 aromatic rings. The molecular weight excluding hydrogens is 260 g/mol. The first-order valence-corrected chi connectivity index (χ1v) is 7.52. The van der Waals surface area contributed by atoms with Gasteiger partial charge in [-0.15, -0.1) is 23.1 Å². The van der Waals surface area contributed by atoms with Crippen molar-refractivity contribution in [1.29, 1.82) is 0 Å². The van der Waals surface area contributed by atoms with Crippen LogP contribution in [0.15, 0.2) is 69.5 Å². The van der Waals surface area contributed by atoms with Crippen LogP contribution in [-0.4, -0.2) is 0 Å². The Morgan fingerprint density at radius 1 is 0.944 bits per heavy atom. The fraction of sp³-hybridized carbons (Fsp3) is 0.0667. The Morgan fingerprint density at radius 2 is 1.83 bits per heavy atom. The van der Waals surface area contributed by atoms with E-state index in [4.69, 9.17) is 4.42 Å². The van der Waals surface area contributed by atoms with Crippen LogP contribution in [0, 0.1) is 0 Å². The van der Waals surface area contributed by atoms with E-state index in [1.54, 1.807) is 6.26 Å². The van der Waals surface area contributed by atoms with E-state index >= 15 is 0 Å². The number of thiophene rings is 1. The largest absolute Gasteiger partial charge is 0.468 e. The van der Waals surface area contributed by atoms with Crippen LogP contribution in [0.3, 0.4) is 0 Å². The van der Waals surface area contributed by atoms with Crippen LogP contribution < -0.4 is 0 Å². The maximum absolute atomic E-state index is 5.33. The number of hydrogen-bond donors (Lipinski definition) is 0. The fourth-order valence-corrected chi connectivity index (χ4v) is 3.73. The molecule has 2 aromatic heterocycles. The Hall–Kier alpha value is -1.45. The van der Waals surface area contributed by atoms with Crippen LogP contribution in [-0.2, 0) is 5.75 Å². The van der Waals surface area contributed by atoms with E-state index in [2.05, 4.69) is 36.4 Å². The molecule has 0 spiro atoms. The molecule has 0 N–H and O–H groups in total. The summed E-state index contributed by atoms with van der Waals surface area (Å²) in [5, 5.41) is 0. The smallest absolute Gasteiger partial charge is 0.114 e. The van der Waals surface area contributed by atoms with Gasteiger partial charge in [0.05, 0.1) is 16.2 Å². The van der Waals surface area contributed by atoms with Crippen molar-refractivity contribution in [1.82, 2.24) is 0 Å². The van der Waals surface area contributed by atoms with E-state index in [-0.39, 0.29) is 0 Å². The van der Waals surface area contributed by atoms with Gasteiger partial charge in [0.15, 0.2) is 0 Å². The van der Waals surface area contributed by atoms with Gasteiger partial charge in [0.1, 0.15) is 5.76 Å². The summed E-state index contributed by atoms with van der Waals surface area (Å²) < 4.78 is 6.65. The minimum Gasteiger partial charge on any atom is -0.468 e. The molecule has 90 valence electrons. The first-order chi connectivity index (χ1) is 8.92. The van der Waals surface area contributed by atoms with Crippen molar-refractivity contribution in [2.75, 3.05) is 0 Å². The molecule has 3 heteroatoms. The van der Waals surface area contributed by atoms with E-state index in [1.165, 1.54) is 14.6 Å². The standard InChI is InChI=1S/C15H12OS2/c1-2-5-12(6-3-1)14-8-9-15(18-14)17-11-13-7-4-10-16-13/h1-10H,11H2. The number of furan rings is 1. The van der Waals surface area contributed by atoms with Crippen LogP contribution in [0.5, 0.6) is 0 Å². The molecule has 0 saturated carbocycles. The monoisotopic (exact) mass is 272 g/mol. The third-order valence-electron chi connectivity index (χ3n) is 2.58. The third kappa shape index (κ3) is 2.68. The Labute approximate surface area is 114 Å². The van der Waals surface area contributed by atoms with Crippen LogP contribution in [0.4, 0.5) is 0 Å². The Balaban J connectivity index is 1.70. The molecule has 0 saturated heterocycles. The summed E-state index contributed by atoms with van der Waals surface area (Å²) >= 11 is 3.65. The second-order valence-corrected chi connectivity index (χ2v) is 6.21. The van der Waals surface area contributed by atoms with Gasteiger partial charge in [-0.1, -0.05) is 30.3 Å². The summed E-state index contributed by atoms with van der Waals surface area (Å²) in [5.74, 6) is 1.91. The normalized spacial score (nSPS) is 10.7. The third-order valence-corrected chi connectivity index (χ3v) is 4.96. The molecule has 0 unspecified atom stereocenters. The molecule has 0 aliphatic rings. The molecule has 0 aliphatic heterocycles. The quantitative estimate of drug-likeness (QED) is 0.598. The lowest BCUT2D eigenvalue weighted by molar-refractivity contribution is 0.530. The molecule has 0 radical (unpaired) electrons. The maximum Gasteiger partial charge on any atom is 0.114 e. The number of thioether (sulfide) groups is 1. The highest BCUT2D eigenvalue weighted by Gasteiger charge is 2.04. The lowest BCUT2D eigenvalue weighted by Crippen LogP contribution is -1.71. The van der Waals surface area contributed by atoms with Gasteiger partial charge >= 0.3 is 0 Å². The Bertz CT molecular complexity index is 596. The zero-order valence-corrected chi connectivity index (χ0v) is 11.3. The SMILES string of the molecule is c1ccc(-c2ccc(SCc3ccco3)s2)cc1. The highest BCUT2D eigenvalue weighted by atomic mass is 32.2. The van der Waals surface area contributed by atoms with E-state index < -0.39 is 0 Å². The maximum atomic E-state index is 5.33. The molecular formula is C15H12OS2. The molecule has 2 heterocycles. The molecule has 0 atom stereocenters. The van der Waals surface area contributed by atoms with E-state index in [0.717, 1.165) is 11.5 Å². The van der Waals surface area contributed by atoms with Crippen molar-refractivity contribution in [2.24, 2.45) is 0 Å². The van der Waals surface area contributed by atoms with Gasteiger partial charge in [-0.2, -0.15) is 0 Å². The van der Waals surface area contributed by atoms with Crippen LogP contribution in [0.1, 0.15) is 5.76 Å². The summed E-state index contributed by atoms with van der Waals surface area (Å²) in [6.07, 6.45) is 1.72. The fourth-order valence-electron chi connectivity index (χ4n) is 1.69. The first kappa shape index (κ1) is 11.6. The summed E-state index contributed by atoms with van der Waals surface area (Å²) in [6.45, 7) is 0. The molecule has 0 fully saturated rings. The van der Waals surface area contributed by atoms with Crippen LogP contribution >= 0.6 is 23.1 Å². The molecule has 0 bridgehead atoms. The van der Waals surface area contributed by atoms with Crippen LogP contribution in [0.25, 0.3) is 10.4 Å². The van der Waals surface area contributed by atoms with Gasteiger partial charge in [-0.05, 0) is 29.8 Å². The van der Waals surface area contributed by atoms with E-state index in [1.807, 2.05) is 41.3 Å². The minimum absolute atomic E-state index is 0.891.